The van der Waals surface area contributed by atoms with Crippen LogP contribution in [0.3, 0.4) is 0 Å². The van der Waals surface area contributed by atoms with Crippen LogP contribution in [0.15, 0.2) is 24.3 Å². The van der Waals surface area contributed by atoms with Crippen molar-refractivity contribution in [2.75, 3.05) is 6.61 Å². The minimum absolute atomic E-state index is 0.195. The highest BCUT2D eigenvalue weighted by Crippen LogP contribution is 2.29. The molecule has 3 heteroatoms. The van der Waals surface area contributed by atoms with E-state index in [2.05, 4.69) is 34.7 Å². The fourth-order valence-corrected chi connectivity index (χ4v) is 3.37. The number of Topliss-reactive ketones (excluding diaryl/α,β-unsaturated/α-hetero) is 1. The van der Waals surface area contributed by atoms with Gasteiger partial charge in [-0.05, 0) is 66.0 Å². The van der Waals surface area contributed by atoms with Crippen LogP contribution in [0.25, 0.3) is 0 Å². The lowest BCUT2D eigenvalue weighted by atomic mass is 9.82. The first-order chi connectivity index (χ1) is 9.70. The predicted octanol–water partition coefficient (Wildman–Crippen LogP) is 4.39. The lowest BCUT2D eigenvalue weighted by Crippen LogP contribution is -2.35. The van der Waals surface area contributed by atoms with Gasteiger partial charge < -0.3 is 4.74 Å². The first-order valence-electron chi connectivity index (χ1n) is 7.59. The number of halogens is 1. The second-order valence-corrected chi connectivity index (χ2v) is 6.79. The van der Waals surface area contributed by atoms with Crippen LogP contribution < -0.4 is 0 Å². The average Bonchev–Trinajstić information content (AvgIpc) is 2.48. The normalized spacial score (nSPS) is 17.9. The van der Waals surface area contributed by atoms with Gasteiger partial charge in [-0.25, -0.2) is 0 Å². The van der Waals surface area contributed by atoms with E-state index in [9.17, 15) is 4.79 Å². The van der Waals surface area contributed by atoms with Crippen LogP contribution in [0.2, 0.25) is 0 Å². The maximum atomic E-state index is 12.6. The van der Waals surface area contributed by atoms with Gasteiger partial charge in [0, 0.05) is 16.6 Å². The molecule has 1 aromatic rings. The fraction of sp³-hybridized carbons (Fsp3) is 0.588. The Morgan fingerprint density at radius 1 is 1.25 bits per heavy atom. The van der Waals surface area contributed by atoms with E-state index in [4.69, 9.17) is 4.74 Å². The highest BCUT2D eigenvalue weighted by Gasteiger charge is 2.29. The smallest absolute Gasteiger partial charge is 0.166 e. The molecule has 0 spiro atoms. The number of ether oxygens (including phenoxy) is 1. The van der Waals surface area contributed by atoms with E-state index in [1.54, 1.807) is 0 Å². The van der Waals surface area contributed by atoms with E-state index >= 15 is 0 Å². The maximum Gasteiger partial charge on any atom is 0.166 e. The van der Waals surface area contributed by atoms with Gasteiger partial charge in [0.1, 0.15) is 6.10 Å². The second-order valence-electron chi connectivity index (χ2n) is 5.54. The van der Waals surface area contributed by atoms with Crippen LogP contribution in [-0.2, 0) is 16.0 Å². The zero-order chi connectivity index (χ0) is 14.4. The molecule has 0 amide bonds. The molecular formula is C17H23IO2. The Bertz CT molecular complexity index is 421. The Kier molecular flexibility index (Phi) is 6.49. The molecule has 110 valence electrons. The van der Waals surface area contributed by atoms with Crippen LogP contribution in [0.1, 0.15) is 44.6 Å². The van der Waals surface area contributed by atoms with Crippen LogP contribution in [0.4, 0.5) is 0 Å². The molecule has 0 radical (unpaired) electrons. The van der Waals surface area contributed by atoms with Crippen molar-refractivity contribution in [3.8, 4) is 0 Å². The van der Waals surface area contributed by atoms with Gasteiger partial charge in [0.15, 0.2) is 5.78 Å². The molecule has 1 fully saturated rings. The molecule has 0 heterocycles. The Morgan fingerprint density at radius 2 is 1.90 bits per heavy atom. The molecular weight excluding hydrogens is 363 g/mol. The van der Waals surface area contributed by atoms with Gasteiger partial charge in [-0.3, -0.25) is 4.79 Å². The molecule has 1 aliphatic rings. The van der Waals surface area contributed by atoms with E-state index in [0.29, 0.717) is 18.9 Å². The van der Waals surface area contributed by atoms with Crippen molar-refractivity contribution in [3.05, 3.63) is 33.4 Å². The zero-order valence-corrected chi connectivity index (χ0v) is 14.3. The summed E-state index contributed by atoms with van der Waals surface area (Å²) in [4.78, 5) is 12.6. The Labute approximate surface area is 135 Å². The average molecular weight is 386 g/mol. The summed E-state index contributed by atoms with van der Waals surface area (Å²) in [5, 5.41) is 0. The fourth-order valence-electron chi connectivity index (χ4n) is 3.01. The topological polar surface area (TPSA) is 26.3 Å². The summed E-state index contributed by atoms with van der Waals surface area (Å²) in [6.45, 7) is 2.60. The molecule has 1 atom stereocenters. The minimum Gasteiger partial charge on any atom is -0.370 e. The number of carbonyl (C=O) groups is 1. The lowest BCUT2D eigenvalue weighted by Gasteiger charge is -2.29. The first-order valence-corrected chi connectivity index (χ1v) is 8.67. The number of benzene rings is 1. The summed E-state index contributed by atoms with van der Waals surface area (Å²) in [5.74, 6) is 0.681. The number of carbonyl (C=O) groups excluding carboxylic acids is 1. The summed E-state index contributed by atoms with van der Waals surface area (Å²) in [6, 6.07) is 8.20. The number of ketones is 1. The Hall–Kier alpha value is -0.420. The SMILES string of the molecule is CCOC(C(=O)Cc1ccc(I)cc1)C1CCCCC1. The van der Waals surface area contributed by atoms with Crippen molar-refractivity contribution in [2.24, 2.45) is 5.92 Å². The standard InChI is InChI=1S/C17H23IO2/c1-2-20-17(14-6-4-3-5-7-14)16(19)12-13-8-10-15(18)11-9-13/h8-11,14,17H,2-7,12H2,1H3. The van der Waals surface area contributed by atoms with Crippen molar-refractivity contribution < 1.29 is 9.53 Å². The molecule has 0 saturated heterocycles. The van der Waals surface area contributed by atoms with E-state index in [1.165, 1.54) is 22.8 Å². The highest BCUT2D eigenvalue weighted by molar-refractivity contribution is 14.1. The molecule has 0 aliphatic heterocycles. The van der Waals surface area contributed by atoms with Gasteiger partial charge in [-0.15, -0.1) is 0 Å². The first kappa shape index (κ1) is 16.0. The van der Waals surface area contributed by atoms with Crippen molar-refractivity contribution in [1.82, 2.24) is 0 Å². The molecule has 1 aromatic carbocycles. The summed E-state index contributed by atoms with van der Waals surface area (Å²) in [5.41, 5.74) is 1.09. The Balaban J connectivity index is 2.00. The third-order valence-electron chi connectivity index (χ3n) is 4.03. The summed E-state index contributed by atoms with van der Waals surface area (Å²) in [6.07, 6.45) is 6.38. The quantitative estimate of drug-likeness (QED) is 0.678. The predicted molar refractivity (Wildman–Crippen MR) is 89.9 cm³/mol. The summed E-state index contributed by atoms with van der Waals surface area (Å²) >= 11 is 2.28. The van der Waals surface area contributed by atoms with E-state index < -0.39 is 0 Å². The van der Waals surface area contributed by atoms with Crippen LogP contribution in [0.5, 0.6) is 0 Å². The van der Waals surface area contributed by atoms with E-state index in [1.807, 2.05) is 19.1 Å². The van der Waals surface area contributed by atoms with Gasteiger partial charge in [-0.2, -0.15) is 0 Å². The molecule has 1 saturated carbocycles. The van der Waals surface area contributed by atoms with E-state index in [0.717, 1.165) is 18.4 Å². The van der Waals surface area contributed by atoms with Crippen molar-refractivity contribution in [2.45, 2.75) is 51.6 Å². The lowest BCUT2D eigenvalue weighted by molar-refractivity contribution is -0.134. The second kappa shape index (κ2) is 8.13. The van der Waals surface area contributed by atoms with Crippen LogP contribution in [0, 0.1) is 9.49 Å². The third kappa shape index (κ3) is 4.55. The monoisotopic (exact) mass is 386 g/mol. The largest absolute Gasteiger partial charge is 0.370 e. The van der Waals surface area contributed by atoms with Gasteiger partial charge in [0.05, 0.1) is 0 Å². The van der Waals surface area contributed by atoms with Gasteiger partial charge in [0.2, 0.25) is 0 Å². The van der Waals surface area contributed by atoms with Crippen LogP contribution >= 0.6 is 22.6 Å². The van der Waals surface area contributed by atoms with Crippen molar-refractivity contribution >= 4 is 28.4 Å². The number of rotatable bonds is 6. The van der Waals surface area contributed by atoms with Gasteiger partial charge in [-0.1, -0.05) is 31.4 Å². The minimum atomic E-state index is -0.195. The molecule has 2 nitrogen and oxygen atoms in total. The van der Waals surface area contributed by atoms with Gasteiger partial charge in [0.25, 0.3) is 0 Å². The summed E-state index contributed by atoms with van der Waals surface area (Å²) in [7, 11) is 0. The Morgan fingerprint density at radius 3 is 2.50 bits per heavy atom. The number of hydrogen-bond donors (Lipinski definition) is 0. The molecule has 1 aliphatic carbocycles. The molecule has 0 N–H and O–H groups in total. The number of hydrogen-bond acceptors (Lipinski definition) is 2. The highest BCUT2D eigenvalue weighted by atomic mass is 127. The van der Waals surface area contributed by atoms with E-state index in [-0.39, 0.29) is 11.9 Å². The molecule has 0 bridgehead atoms. The molecule has 1 unspecified atom stereocenters. The molecule has 0 aromatic heterocycles. The summed E-state index contributed by atoms with van der Waals surface area (Å²) < 4.78 is 6.99. The van der Waals surface area contributed by atoms with Crippen molar-refractivity contribution in [1.29, 1.82) is 0 Å². The third-order valence-corrected chi connectivity index (χ3v) is 4.75. The maximum absolute atomic E-state index is 12.6. The molecule has 20 heavy (non-hydrogen) atoms. The van der Waals surface area contributed by atoms with Gasteiger partial charge >= 0.3 is 0 Å². The molecule has 2 rings (SSSR count). The van der Waals surface area contributed by atoms with Crippen LogP contribution in [-0.4, -0.2) is 18.5 Å². The van der Waals surface area contributed by atoms with Crippen molar-refractivity contribution in [3.63, 3.8) is 0 Å². The zero-order valence-electron chi connectivity index (χ0n) is 12.1.